The minimum Gasteiger partial charge on any atom is -0.490 e. The highest BCUT2D eigenvalue weighted by Crippen LogP contribution is 2.30. The van der Waals surface area contributed by atoms with Gasteiger partial charge in [-0.05, 0) is 49.2 Å². The summed E-state index contributed by atoms with van der Waals surface area (Å²) in [5.74, 6) is 1.54. The van der Waals surface area contributed by atoms with Gasteiger partial charge in [0, 0.05) is 11.6 Å². The Bertz CT molecular complexity index is 647. The summed E-state index contributed by atoms with van der Waals surface area (Å²) in [4.78, 5) is 0. The first kappa shape index (κ1) is 17.8. The van der Waals surface area contributed by atoms with Crippen molar-refractivity contribution in [3.8, 4) is 11.5 Å². The normalized spacial score (nSPS) is 10.4. The third-order valence-electron chi connectivity index (χ3n) is 3.18. The highest BCUT2D eigenvalue weighted by Gasteiger charge is 2.07. The lowest BCUT2D eigenvalue weighted by atomic mass is 10.2. The van der Waals surface area contributed by atoms with E-state index in [2.05, 4.69) is 12.2 Å². The number of hydrogen-bond donors (Lipinski definition) is 1. The Morgan fingerprint density at radius 3 is 2.52 bits per heavy atom. The molecule has 2 aromatic carbocycles. The molecule has 0 unspecified atom stereocenters. The maximum absolute atomic E-state index is 6.16. The van der Waals surface area contributed by atoms with Crippen molar-refractivity contribution in [2.75, 3.05) is 18.5 Å². The molecule has 0 aliphatic carbocycles. The highest BCUT2D eigenvalue weighted by atomic mass is 35.5. The highest BCUT2D eigenvalue weighted by molar-refractivity contribution is 6.35. The molecule has 0 spiro atoms. The molecular weight excluding hydrogens is 333 g/mol. The Labute approximate surface area is 147 Å². The third kappa shape index (κ3) is 5.22. The zero-order valence-electron chi connectivity index (χ0n) is 13.4. The molecule has 0 amide bonds. The summed E-state index contributed by atoms with van der Waals surface area (Å²) in [6.45, 7) is 5.93. The fourth-order valence-electron chi connectivity index (χ4n) is 2.09. The van der Waals surface area contributed by atoms with Crippen LogP contribution >= 0.6 is 23.2 Å². The van der Waals surface area contributed by atoms with Crippen LogP contribution in [0.5, 0.6) is 11.5 Å². The summed E-state index contributed by atoms with van der Waals surface area (Å²) in [5, 5.41) is 4.58. The van der Waals surface area contributed by atoms with E-state index in [0.717, 1.165) is 29.2 Å². The second-order valence-electron chi connectivity index (χ2n) is 5.04. The van der Waals surface area contributed by atoms with E-state index < -0.39 is 0 Å². The molecule has 3 nitrogen and oxygen atoms in total. The molecule has 0 aromatic heterocycles. The van der Waals surface area contributed by atoms with E-state index in [1.165, 1.54) is 0 Å². The fourth-order valence-corrected chi connectivity index (χ4v) is 2.45. The molecule has 2 rings (SSSR count). The summed E-state index contributed by atoms with van der Waals surface area (Å²) in [7, 11) is 0. The van der Waals surface area contributed by atoms with Crippen LogP contribution in [0, 0.1) is 0 Å². The first-order chi connectivity index (χ1) is 11.1. The number of halogens is 2. The van der Waals surface area contributed by atoms with E-state index in [4.69, 9.17) is 32.7 Å². The molecule has 0 radical (unpaired) electrons. The molecule has 1 N–H and O–H groups in total. The third-order valence-corrected chi connectivity index (χ3v) is 3.75. The van der Waals surface area contributed by atoms with Crippen molar-refractivity contribution in [2.24, 2.45) is 0 Å². The largest absolute Gasteiger partial charge is 0.490 e. The molecule has 0 aliphatic heterocycles. The van der Waals surface area contributed by atoms with Crippen LogP contribution in [-0.2, 0) is 6.54 Å². The van der Waals surface area contributed by atoms with Gasteiger partial charge in [0.1, 0.15) is 0 Å². The SMILES string of the molecule is CCCOc1ccc(CNc2cc(Cl)ccc2Cl)cc1OCC. The lowest BCUT2D eigenvalue weighted by Crippen LogP contribution is -2.03. The van der Waals surface area contributed by atoms with Gasteiger partial charge in [-0.3, -0.25) is 0 Å². The second-order valence-corrected chi connectivity index (χ2v) is 5.88. The summed E-state index contributed by atoms with van der Waals surface area (Å²) >= 11 is 12.2. The van der Waals surface area contributed by atoms with Gasteiger partial charge in [0.05, 0.1) is 23.9 Å². The van der Waals surface area contributed by atoms with Crippen LogP contribution in [-0.4, -0.2) is 13.2 Å². The smallest absolute Gasteiger partial charge is 0.161 e. The number of ether oxygens (including phenoxy) is 2. The molecule has 0 aliphatic rings. The number of rotatable bonds is 8. The standard InChI is InChI=1S/C18H21Cl2NO2/c1-3-9-23-17-8-5-13(10-18(17)22-4-2)12-21-16-11-14(19)6-7-15(16)20/h5-8,10-11,21H,3-4,9,12H2,1-2H3. The van der Waals surface area contributed by atoms with E-state index in [-0.39, 0.29) is 0 Å². The minimum atomic E-state index is 0.597. The average molecular weight is 354 g/mol. The van der Waals surface area contributed by atoms with Crippen LogP contribution in [0.1, 0.15) is 25.8 Å². The molecule has 0 saturated heterocycles. The van der Waals surface area contributed by atoms with Crippen LogP contribution in [0.15, 0.2) is 36.4 Å². The van der Waals surface area contributed by atoms with Crippen LogP contribution in [0.3, 0.4) is 0 Å². The van der Waals surface area contributed by atoms with Gasteiger partial charge in [-0.2, -0.15) is 0 Å². The lowest BCUT2D eigenvalue weighted by molar-refractivity contribution is 0.276. The van der Waals surface area contributed by atoms with E-state index in [0.29, 0.717) is 29.8 Å². The second kappa shape index (κ2) is 8.90. The Hall–Kier alpha value is -1.58. The van der Waals surface area contributed by atoms with Crippen molar-refractivity contribution >= 4 is 28.9 Å². The van der Waals surface area contributed by atoms with Crippen molar-refractivity contribution in [1.29, 1.82) is 0 Å². The topological polar surface area (TPSA) is 30.5 Å². The monoisotopic (exact) mass is 353 g/mol. The molecule has 2 aromatic rings. The van der Waals surface area contributed by atoms with Crippen molar-refractivity contribution < 1.29 is 9.47 Å². The van der Waals surface area contributed by atoms with E-state index in [1.807, 2.05) is 31.2 Å². The molecule has 0 heterocycles. The van der Waals surface area contributed by atoms with Gasteiger partial charge in [-0.15, -0.1) is 0 Å². The molecular formula is C18H21Cl2NO2. The summed E-state index contributed by atoms with van der Waals surface area (Å²) < 4.78 is 11.4. The molecule has 0 fully saturated rings. The molecule has 0 saturated carbocycles. The van der Waals surface area contributed by atoms with Crippen LogP contribution in [0.25, 0.3) is 0 Å². The molecule has 0 bridgehead atoms. The van der Waals surface area contributed by atoms with E-state index >= 15 is 0 Å². The van der Waals surface area contributed by atoms with Crippen LogP contribution in [0.2, 0.25) is 10.0 Å². The molecule has 0 atom stereocenters. The van der Waals surface area contributed by atoms with Crippen LogP contribution < -0.4 is 14.8 Å². The number of nitrogens with one attached hydrogen (secondary N) is 1. The van der Waals surface area contributed by atoms with Crippen LogP contribution in [0.4, 0.5) is 5.69 Å². The van der Waals surface area contributed by atoms with Gasteiger partial charge < -0.3 is 14.8 Å². The van der Waals surface area contributed by atoms with Crippen molar-refractivity contribution in [3.05, 3.63) is 52.0 Å². The number of hydrogen-bond acceptors (Lipinski definition) is 3. The Balaban J connectivity index is 2.10. The van der Waals surface area contributed by atoms with Gasteiger partial charge in [0.15, 0.2) is 11.5 Å². The maximum atomic E-state index is 6.16. The first-order valence-corrected chi connectivity index (χ1v) is 8.47. The predicted octanol–water partition coefficient (Wildman–Crippen LogP) is 5.79. The Kier molecular flexibility index (Phi) is 6.87. The molecule has 124 valence electrons. The van der Waals surface area contributed by atoms with Gasteiger partial charge in [0.2, 0.25) is 0 Å². The van der Waals surface area contributed by atoms with E-state index in [9.17, 15) is 0 Å². The minimum absolute atomic E-state index is 0.597. The summed E-state index contributed by atoms with van der Waals surface area (Å²) in [5.41, 5.74) is 1.89. The summed E-state index contributed by atoms with van der Waals surface area (Å²) in [6.07, 6.45) is 0.960. The number of benzene rings is 2. The number of anilines is 1. The lowest BCUT2D eigenvalue weighted by Gasteiger charge is -2.14. The first-order valence-electron chi connectivity index (χ1n) is 7.71. The van der Waals surface area contributed by atoms with Gasteiger partial charge in [-0.25, -0.2) is 0 Å². The fraction of sp³-hybridized carbons (Fsp3) is 0.333. The van der Waals surface area contributed by atoms with Crippen molar-refractivity contribution in [2.45, 2.75) is 26.8 Å². The van der Waals surface area contributed by atoms with E-state index in [1.54, 1.807) is 12.1 Å². The zero-order chi connectivity index (χ0) is 16.7. The van der Waals surface area contributed by atoms with Gasteiger partial charge in [-0.1, -0.05) is 36.2 Å². The quantitative estimate of drug-likeness (QED) is 0.651. The Morgan fingerprint density at radius 2 is 1.78 bits per heavy atom. The predicted molar refractivity (Wildman–Crippen MR) is 97.2 cm³/mol. The zero-order valence-corrected chi connectivity index (χ0v) is 14.9. The molecule has 5 heteroatoms. The van der Waals surface area contributed by atoms with Crippen molar-refractivity contribution in [1.82, 2.24) is 0 Å². The Morgan fingerprint density at radius 1 is 0.957 bits per heavy atom. The molecule has 23 heavy (non-hydrogen) atoms. The maximum Gasteiger partial charge on any atom is 0.161 e. The van der Waals surface area contributed by atoms with Crippen molar-refractivity contribution in [3.63, 3.8) is 0 Å². The van der Waals surface area contributed by atoms with Gasteiger partial charge in [0.25, 0.3) is 0 Å². The summed E-state index contributed by atoms with van der Waals surface area (Å²) in [6, 6.07) is 11.3. The average Bonchev–Trinajstić information content (AvgIpc) is 2.55. The van der Waals surface area contributed by atoms with Gasteiger partial charge >= 0.3 is 0 Å².